The first-order valence-corrected chi connectivity index (χ1v) is 6.98. The fraction of sp³-hybridized carbons (Fsp3) is 0.846. The highest BCUT2D eigenvalue weighted by molar-refractivity contribution is 5.74. The van der Waals surface area contributed by atoms with Crippen LogP contribution >= 0.6 is 0 Å². The number of amides is 2. The van der Waals surface area contributed by atoms with Crippen LogP contribution in [0.5, 0.6) is 0 Å². The Morgan fingerprint density at radius 2 is 2.00 bits per heavy atom. The lowest BCUT2D eigenvalue weighted by molar-refractivity contribution is -0.146. The molecule has 0 aromatic carbocycles. The molecule has 1 aliphatic rings. The second-order valence-corrected chi connectivity index (χ2v) is 5.09. The number of rotatable bonds is 6. The zero-order valence-electron chi connectivity index (χ0n) is 11.5. The zero-order valence-corrected chi connectivity index (χ0v) is 11.5. The molecule has 0 aliphatic carbocycles. The Bertz CT molecular complexity index is 301. The van der Waals surface area contributed by atoms with Gasteiger partial charge in [0.05, 0.1) is 0 Å². The molecule has 1 rings (SSSR count). The first kappa shape index (κ1) is 15.8. The van der Waals surface area contributed by atoms with Crippen LogP contribution in [-0.4, -0.2) is 52.9 Å². The number of hydrogen-bond donors (Lipinski definition) is 3. The van der Waals surface area contributed by atoms with Gasteiger partial charge in [-0.1, -0.05) is 19.8 Å². The molecular formula is C13H24N2O4. The van der Waals surface area contributed by atoms with Crippen LogP contribution in [0.25, 0.3) is 0 Å². The van der Waals surface area contributed by atoms with E-state index < -0.39 is 12.1 Å². The van der Waals surface area contributed by atoms with Crippen LogP contribution in [0, 0.1) is 5.92 Å². The summed E-state index contributed by atoms with van der Waals surface area (Å²) in [4.78, 5) is 24.0. The molecule has 0 spiro atoms. The van der Waals surface area contributed by atoms with Crippen molar-refractivity contribution in [1.82, 2.24) is 10.2 Å². The van der Waals surface area contributed by atoms with Crippen molar-refractivity contribution >= 4 is 12.0 Å². The van der Waals surface area contributed by atoms with Gasteiger partial charge in [0.15, 0.2) is 6.10 Å². The number of carbonyl (C=O) groups is 2. The number of piperidine rings is 1. The molecule has 6 nitrogen and oxygen atoms in total. The van der Waals surface area contributed by atoms with Gasteiger partial charge in [-0.2, -0.15) is 0 Å². The zero-order chi connectivity index (χ0) is 14.3. The minimum Gasteiger partial charge on any atom is -0.479 e. The van der Waals surface area contributed by atoms with Gasteiger partial charge in [0, 0.05) is 26.1 Å². The van der Waals surface area contributed by atoms with Crippen molar-refractivity contribution in [2.45, 2.75) is 45.1 Å². The smallest absolute Gasteiger partial charge is 0.332 e. The summed E-state index contributed by atoms with van der Waals surface area (Å²) in [5.41, 5.74) is 0. The van der Waals surface area contributed by atoms with E-state index in [2.05, 4.69) is 12.2 Å². The third kappa shape index (κ3) is 5.46. The van der Waals surface area contributed by atoms with E-state index in [1.165, 1.54) is 12.8 Å². The number of carboxylic acids is 1. The molecule has 3 N–H and O–H groups in total. The molecule has 0 radical (unpaired) electrons. The third-order valence-electron chi connectivity index (χ3n) is 3.58. The molecule has 0 aromatic rings. The Hall–Kier alpha value is -1.30. The lowest BCUT2D eigenvalue weighted by atomic mass is 9.93. The molecule has 0 saturated carbocycles. The van der Waals surface area contributed by atoms with Crippen LogP contribution in [0.15, 0.2) is 0 Å². The molecule has 0 bridgehead atoms. The van der Waals surface area contributed by atoms with Crippen molar-refractivity contribution in [3.05, 3.63) is 0 Å². The third-order valence-corrected chi connectivity index (χ3v) is 3.58. The second-order valence-electron chi connectivity index (χ2n) is 5.09. The highest BCUT2D eigenvalue weighted by Crippen LogP contribution is 2.21. The van der Waals surface area contributed by atoms with Crippen LogP contribution in [0.3, 0.4) is 0 Å². The lowest BCUT2D eigenvalue weighted by Gasteiger charge is -2.32. The summed E-state index contributed by atoms with van der Waals surface area (Å²) in [5, 5.41) is 20.2. The molecule has 0 aromatic heterocycles. The van der Waals surface area contributed by atoms with Gasteiger partial charge >= 0.3 is 12.0 Å². The van der Waals surface area contributed by atoms with Gasteiger partial charge in [-0.05, 0) is 18.8 Å². The minimum absolute atomic E-state index is 0.0351. The fourth-order valence-corrected chi connectivity index (χ4v) is 2.38. The van der Waals surface area contributed by atoms with Crippen molar-refractivity contribution < 1.29 is 19.8 Å². The number of aliphatic carboxylic acids is 1. The van der Waals surface area contributed by atoms with Gasteiger partial charge < -0.3 is 20.4 Å². The SMILES string of the molecule is CCCC1CCN(C(=O)NCC[C@H](O)C(=O)O)CC1. The van der Waals surface area contributed by atoms with Crippen LogP contribution in [0.2, 0.25) is 0 Å². The van der Waals surface area contributed by atoms with Crippen molar-refractivity contribution in [2.24, 2.45) is 5.92 Å². The molecule has 1 fully saturated rings. The summed E-state index contributed by atoms with van der Waals surface area (Å²) >= 11 is 0. The molecule has 1 heterocycles. The summed E-state index contributed by atoms with van der Waals surface area (Å²) < 4.78 is 0. The maximum Gasteiger partial charge on any atom is 0.332 e. The summed E-state index contributed by atoms with van der Waals surface area (Å²) in [6.45, 7) is 3.88. The summed E-state index contributed by atoms with van der Waals surface area (Å²) in [6.07, 6.45) is 3.12. The van der Waals surface area contributed by atoms with Crippen molar-refractivity contribution in [2.75, 3.05) is 19.6 Å². The summed E-state index contributed by atoms with van der Waals surface area (Å²) in [5.74, 6) is -0.530. The van der Waals surface area contributed by atoms with Crippen LogP contribution in [0.4, 0.5) is 4.79 Å². The fourth-order valence-electron chi connectivity index (χ4n) is 2.38. The number of carboxylic acid groups (broad SMARTS) is 1. The highest BCUT2D eigenvalue weighted by atomic mass is 16.4. The van der Waals surface area contributed by atoms with E-state index in [1.54, 1.807) is 4.90 Å². The predicted molar refractivity (Wildman–Crippen MR) is 70.9 cm³/mol. The predicted octanol–water partition coefficient (Wildman–Crippen LogP) is 1.04. The Balaban J connectivity index is 2.19. The van der Waals surface area contributed by atoms with E-state index in [9.17, 15) is 9.59 Å². The monoisotopic (exact) mass is 272 g/mol. The number of hydrogen-bond acceptors (Lipinski definition) is 3. The van der Waals surface area contributed by atoms with Gasteiger partial charge in [-0.15, -0.1) is 0 Å². The average molecular weight is 272 g/mol. The first-order chi connectivity index (χ1) is 9.04. The van der Waals surface area contributed by atoms with Crippen LogP contribution in [0.1, 0.15) is 39.0 Å². The number of nitrogens with one attached hydrogen (secondary N) is 1. The number of urea groups is 1. The highest BCUT2D eigenvalue weighted by Gasteiger charge is 2.22. The Morgan fingerprint density at radius 3 is 2.53 bits per heavy atom. The van der Waals surface area contributed by atoms with E-state index in [0.29, 0.717) is 0 Å². The van der Waals surface area contributed by atoms with E-state index in [1.807, 2.05) is 0 Å². The van der Waals surface area contributed by atoms with Gasteiger partial charge in [0.2, 0.25) is 0 Å². The largest absolute Gasteiger partial charge is 0.479 e. The number of nitrogens with zero attached hydrogens (tertiary/aromatic N) is 1. The van der Waals surface area contributed by atoms with E-state index in [-0.39, 0.29) is 19.0 Å². The van der Waals surface area contributed by atoms with Gasteiger partial charge in [0.1, 0.15) is 0 Å². The van der Waals surface area contributed by atoms with Gasteiger partial charge in [-0.25, -0.2) is 9.59 Å². The molecular weight excluding hydrogens is 248 g/mol. The van der Waals surface area contributed by atoms with Gasteiger partial charge in [-0.3, -0.25) is 0 Å². The Labute approximate surface area is 113 Å². The maximum absolute atomic E-state index is 11.8. The van der Waals surface area contributed by atoms with Gasteiger partial charge in [0.25, 0.3) is 0 Å². The number of aliphatic hydroxyl groups excluding tert-OH is 1. The molecule has 2 amide bonds. The van der Waals surface area contributed by atoms with E-state index in [4.69, 9.17) is 10.2 Å². The molecule has 1 atom stereocenters. The van der Waals surface area contributed by atoms with Crippen molar-refractivity contribution in [3.8, 4) is 0 Å². The van der Waals surface area contributed by atoms with Crippen molar-refractivity contribution in [3.63, 3.8) is 0 Å². The molecule has 0 unspecified atom stereocenters. The lowest BCUT2D eigenvalue weighted by Crippen LogP contribution is -2.45. The van der Waals surface area contributed by atoms with E-state index >= 15 is 0 Å². The van der Waals surface area contributed by atoms with Crippen LogP contribution in [-0.2, 0) is 4.79 Å². The normalized spacial score (nSPS) is 18.1. The number of aliphatic hydroxyl groups is 1. The first-order valence-electron chi connectivity index (χ1n) is 6.98. The quantitative estimate of drug-likeness (QED) is 0.674. The average Bonchev–Trinajstić information content (AvgIpc) is 2.39. The molecule has 19 heavy (non-hydrogen) atoms. The summed E-state index contributed by atoms with van der Waals surface area (Å²) in [6, 6.07) is -0.160. The Morgan fingerprint density at radius 1 is 1.37 bits per heavy atom. The Kier molecular flexibility index (Phi) is 6.62. The molecule has 1 aliphatic heterocycles. The second kappa shape index (κ2) is 7.99. The molecule has 1 saturated heterocycles. The topological polar surface area (TPSA) is 89.9 Å². The molecule has 110 valence electrons. The number of carbonyl (C=O) groups excluding carboxylic acids is 1. The summed E-state index contributed by atoms with van der Waals surface area (Å²) in [7, 11) is 0. The van der Waals surface area contributed by atoms with E-state index in [0.717, 1.165) is 31.8 Å². The number of likely N-dealkylation sites (tertiary alicyclic amines) is 1. The molecule has 6 heteroatoms. The standard InChI is InChI=1S/C13H24N2O4/c1-2-3-10-5-8-15(9-6-10)13(19)14-7-4-11(16)12(17)18/h10-11,16H,2-9H2,1H3,(H,14,19)(H,17,18)/t11-/m0/s1. The maximum atomic E-state index is 11.8. The van der Waals surface area contributed by atoms with Crippen LogP contribution < -0.4 is 5.32 Å². The minimum atomic E-state index is -1.41. The van der Waals surface area contributed by atoms with Crippen molar-refractivity contribution in [1.29, 1.82) is 0 Å².